The third-order valence-electron chi connectivity index (χ3n) is 4.30. The number of nitrogens with zero attached hydrogens (tertiary/aromatic N) is 2. The fourth-order valence-electron chi connectivity index (χ4n) is 3.01. The van der Waals surface area contributed by atoms with Crippen LogP contribution in [0.5, 0.6) is 11.5 Å². The van der Waals surface area contributed by atoms with E-state index in [1.807, 2.05) is 12.1 Å². The van der Waals surface area contributed by atoms with E-state index in [9.17, 15) is 5.11 Å². The first-order chi connectivity index (χ1) is 10.7. The Balaban J connectivity index is 1.76. The molecule has 1 aliphatic heterocycles. The summed E-state index contributed by atoms with van der Waals surface area (Å²) >= 11 is 0. The Morgan fingerprint density at radius 2 is 2.27 bits per heavy atom. The van der Waals surface area contributed by atoms with Crippen molar-refractivity contribution < 1.29 is 14.4 Å². The van der Waals surface area contributed by atoms with Crippen LogP contribution in [0.25, 0.3) is 0 Å². The quantitative estimate of drug-likeness (QED) is 0.918. The first-order valence-electron chi connectivity index (χ1n) is 7.76. The van der Waals surface area contributed by atoms with Gasteiger partial charge >= 0.3 is 0 Å². The van der Waals surface area contributed by atoms with Crippen LogP contribution in [0.3, 0.4) is 0 Å². The molecule has 1 aromatic carbocycles. The molecule has 5 nitrogen and oxygen atoms in total. The summed E-state index contributed by atoms with van der Waals surface area (Å²) in [6, 6.07) is 7.75. The molecule has 0 unspecified atom stereocenters. The molecule has 5 heteroatoms. The molecule has 2 aromatic rings. The standard InChI is InChI=1S/C17H22N2O3/c1-3-13-9-17(22-18-13)15-5-4-8-19(15)11-12-6-7-14(21-2)10-16(12)20/h6-7,9-10,15,20H,3-5,8,11H2,1-2H3/t15-/m1/s1. The largest absolute Gasteiger partial charge is 0.507 e. The van der Waals surface area contributed by atoms with Crippen LogP contribution in [0.4, 0.5) is 0 Å². The van der Waals surface area contributed by atoms with Gasteiger partial charge in [0.05, 0.1) is 18.8 Å². The lowest BCUT2D eigenvalue weighted by Gasteiger charge is -2.22. The summed E-state index contributed by atoms with van der Waals surface area (Å²) in [5.74, 6) is 1.88. The van der Waals surface area contributed by atoms with Gasteiger partial charge in [0.25, 0.3) is 0 Å². The van der Waals surface area contributed by atoms with Gasteiger partial charge in [-0.05, 0) is 31.9 Å². The molecule has 0 saturated carbocycles. The number of benzene rings is 1. The van der Waals surface area contributed by atoms with Gasteiger partial charge in [0.15, 0.2) is 5.76 Å². The van der Waals surface area contributed by atoms with E-state index >= 15 is 0 Å². The number of rotatable bonds is 5. The highest BCUT2D eigenvalue weighted by molar-refractivity contribution is 5.39. The summed E-state index contributed by atoms with van der Waals surface area (Å²) < 4.78 is 10.6. The molecular weight excluding hydrogens is 280 g/mol. The fourth-order valence-corrected chi connectivity index (χ4v) is 3.01. The first-order valence-corrected chi connectivity index (χ1v) is 7.76. The minimum Gasteiger partial charge on any atom is -0.507 e. The number of hydrogen-bond donors (Lipinski definition) is 1. The minimum atomic E-state index is 0.245. The highest BCUT2D eigenvalue weighted by Gasteiger charge is 2.29. The van der Waals surface area contributed by atoms with Crippen molar-refractivity contribution in [3.05, 3.63) is 41.3 Å². The van der Waals surface area contributed by atoms with Gasteiger partial charge in [-0.25, -0.2) is 0 Å². The summed E-state index contributed by atoms with van der Waals surface area (Å²) in [5.41, 5.74) is 1.90. The highest BCUT2D eigenvalue weighted by Crippen LogP contribution is 2.35. The Morgan fingerprint density at radius 1 is 1.41 bits per heavy atom. The maximum absolute atomic E-state index is 10.1. The molecule has 0 amide bonds. The van der Waals surface area contributed by atoms with Crippen molar-refractivity contribution in [1.29, 1.82) is 0 Å². The van der Waals surface area contributed by atoms with Gasteiger partial charge < -0.3 is 14.4 Å². The topological polar surface area (TPSA) is 58.7 Å². The second kappa shape index (κ2) is 6.40. The number of aromatic hydroxyl groups is 1. The lowest BCUT2D eigenvalue weighted by molar-refractivity contribution is 0.204. The number of likely N-dealkylation sites (tertiary alicyclic amines) is 1. The summed E-state index contributed by atoms with van der Waals surface area (Å²) in [5, 5.41) is 14.2. The third kappa shape index (κ3) is 2.95. The zero-order valence-electron chi connectivity index (χ0n) is 13.1. The van der Waals surface area contributed by atoms with Crippen molar-refractivity contribution in [2.45, 2.75) is 38.8 Å². The lowest BCUT2D eigenvalue weighted by Crippen LogP contribution is -2.22. The number of aromatic nitrogens is 1. The van der Waals surface area contributed by atoms with Gasteiger partial charge in [0.1, 0.15) is 11.5 Å². The van der Waals surface area contributed by atoms with E-state index in [1.54, 1.807) is 13.2 Å². The van der Waals surface area contributed by atoms with Crippen molar-refractivity contribution in [3.63, 3.8) is 0 Å². The Morgan fingerprint density at radius 3 is 2.95 bits per heavy atom. The van der Waals surface area contributed by atoms with E-state index in [1.165, 1.54) is 0 Å². The van der Waals surface area contributed by atoms with E-state index in [2.05, 4.69) is 23.0 Å². The van der Waals surface area contributed by atoms with E-state index < -0.39 is 0 Å². The van der Waals surface area contributed by atoms with E-state index in [0.29, 0.717) is 12.3 Å². The van der Waals surface area contributed by atoms with Crippen LogP contribution in [0.15, 0.2) is 28.8 Å². The van der Waals surface area contributed by atoms with Gasteiger partial charge in [-0.15, -0.1) is 0 Å². The molecule has 0 spiro atoms. The van der Waals surface area contributed by atoms with Crippen LogP contribution >= 0.6 is 0 Å². The Labute approximate surface area is 130 Å². The third-order valence-corrected chi connectivity index (χ3v) is 4.30. The molecule has 1 aliphatic rings. The van der Waals surface area contributed by atoms with Crippen LogP contribution < -0.4 is 4.74 Å². The lowest BCUT2D eigenvalue weighted by atomic mass is 10.1. The minimum absolute atomic E-state index is 0.245. The SMILES string of the molecule is CCc1cc([C@H]2CCCN2Cc2ccc(OC)cc2O)on1. The second-order valence-corrected chi connectivity index (χ2v) is 5.70. The van der Waals surface area contributed by atoms with Crippen molar-refractivity contribution in [3.8, 4) is 11.5 Å². The zero-order valence-corrected chi connectivity index (χ0v) is 13.1. The molecule has 0 bridgehead atoms. The number of hydrogen-bond acceptors (Lipinski definition) is 5. The molecule has 0 radical (unpaired) electrons. The van der Waals surface area contributed by atoms with Crippen LogP contribution in [0, 0.1) is 0 Å². The molecule has 118 valence electrons. The molecule has 1 fully saturated rings. The smallest absolute Gasteiger partial charge is 0.154 e. The molecule has 1 aromatic heterocycles. The molecule has 2 heterocycles. The number of ether oxygens (including phenoxy) is 1. The summed E-state index contributed by atoms with van der Waals surface area (Å²) in [6.45, 7) is 3.77. The van der Waals surface area contributed by atoms with Gasteiger partial charge in [-0.1, -0.05) is 18.1 Å². The Hall–Kier alpha value is -2.01. The normalized spacial score (nSPS) is 18.7. The fraction of sp³-hybridized carbons (Fsp3) is 0.471. The number of phenolic OH excluding ortho intramolecular Hbond substituents is 1. The van der Waals surface area contributed by atoms with E-state index in [0.717, 1.165) is 42.8 Å². The highest BCUT2D eigenvalue weighted by atomic mass is 16.5. The molecule has 0 aliphatic carbocycles. The van der Waals surface area contributed by atoms with Crippen LogP contribution in [-0.2, 0) is 13.0 Å². The monoisotopic (exact) mass is 302 g/mol. The van der Waals surface area contributed by atoms with Gasteiger partial charge in [0, 0.05) is 24.2 Å². The molecule has 1 N–H and O–H groups in total. The molecule has 1 saturated heterocycles. The average Bonchev–Trinajstić information content (AvgIpc) is 3.17. The average molecular weight is 302 g/mol. The van der Waals surface area contributed by atoms with Crippen LogP contribution in [0.2, 0.25) is 0 Å². The van der Waals surface area contributed by atoms with Crippen molar-refractivity contribution in [2.75, 3.05) is 13.7 Å². The Bertz CT molecular complexity index is 639. The summed E-state index contributed by atoms with van der Waals surface area (Å²) in [6.07, 6.45) is 3.08. The van der Waals surface area contributed by atoms with E-state index in [4.69, 9.17) is 9.26 Å². The summed E-state index contributed by atoms with van der Waals surface area (Å²) in [4.78, 5) is 2.33. The van der Waals surface area contributed by atoms with Gasteiger partial charge in [-0.3, -0.25) is 4.90 Å². The van der Waals surface area contributed by atoms with Crippen LogP contribution in [0.1, 0.15) is 42.8 Å². The Kier molecular flexibility index (Phi) is 4.34. The molecule has 1 atom stereocenters. The number of phenols is 1. The maximum Gasteiger partial charge on any atom is 0.154 e. The first kappa shape index (κ1) is 14.9. The molecule has 22 heavy (non-hydrogen) atoms. The predicted molar refractivity (Wildman–Crippen MR) is 82.9 cm³/mol. The van der Waals surface area contributed by atoms with Crippen LogP contribution in [-0.4, -0.2) is 28.8 Å². The maximum atomic E-state index is 10.1. The van der Waals surface area contributed by atoms with Gasteiger partial charge in [0.2, 0.25) is 0 Å². The second-order valence-electron chi connectivity index (χ2n) is 5.70. The summed E-state index contributed by atoms with van der Waals surface area (Å²) in [7, 11) is 1.60. The molecular formula is C17H22N2O3. The molecule has 3 rings (SSSR count). The van der Waals surface area contributed by atoms with Crippen molar-refractivity contribution in [2.24, 2.45) is 0 Å². The zero-order chi connectivity index (χ0) is 15.5. The van der Waals surface area contributed by atoms with E-state index in [-0.39, 0.29) is 11.8 Å². The predicted octanol–water partition coefficient (Wildman–Crippen LogP) is 3.29. The van der Waals surface area contributed by atoms with Crippen molar-refractivity contribution >= 4 is 0 Å². The van der Waals surface area contributed by atoms with Crippen molar-refractivity contribution in [1.82, 2.24) is 10.1 Å². The number of aryl methyl sites for hydroxylation is 1. The number of methoxy groups -OCH3 is 1. The van der Waals surface area contributed by atoms with Gasteiger partial charge in [-0.2, -0.15) is 0 Å².